The van der Waals surface area contributed by atoms with Crippen LogP contribution in [0.3, 0.4) is 0 Å². The third-order valence-electron chi connectivity index (χ3n) is 4.52. The molecule has 4 aromatic heterocycles. The molecular formula is C18H17N5O3S2. The van der Waals surface area contributed by atoms with E-state index in [-0.39, 0.29) is 23.6 Å². The normalized spacial score (nSPS) is 11.4. The van der Waals surface area contributed by atoms with E-state index in [1.54, 1.807) is 11.4 Å². The van der Waals surface area contributed by atoms with E-state index in [0.29, 0.717) is 39.2 Å². The molecule has 4 heterocycles. The average molecular weight is 416 g/mol. The first-order valence-corrected chi connectivity index (χ1v) is 10.3. The molecule has 0 saturated carbocycles. The van der Waals surface area contributed by atoms with Gasteiger partial charge in [-0.15, -0.1) is 22.7 Å². The first kappa shape index (κ1) is 18.5. The zero-order chi connectivity index (χ0) is 19.8. The van der Waals surface area contributed by atoms with Crippen molar-refractivity contribution in [2.45, 2.75) is 26.8 Å². The molecular weight excluding hydrogens is 398 g/mol. The predicted octanol–water partition coefficient (Wildman–Crippen LogP) is 1.73. The summed E-state index contributed by atoms with van der Waals surface area (Å²) in [5.74, 6) is 0.226. The fourth-order valence-corrected chi connectivity index (χ4v) is 4.78. The molecule has 0 atom stereocenters. The van der Waals surface area contributed by atoms with E-state index in [2.05, 4.69) is 20.3 Å². The molecule has 0 bridgehead atoms. The van der Waals surface area contributed by atoms with Crippen molar-refractivity contribution in [2.75, 3.05) is 6.54 Å². The minimum atomic E-state index is -0.300. The Morgan fingerprint density at radius 3 is 2.96 bits per heavy atom. The van der Waals surface area contributed by atoms with Crippen LogP contribution >= 0.6 is 22.7 Å². The van der Waals surface area contributed by atoms with Crippen molar-refractivity contribution in [3.05, 3.63) is 54.7 Å². The van der Waals surface area contributed by atoms with Crippen LogP contribution in [0.4, 0.5) is 0 Å². The number of carbonyl (C=O) groups is 1. The fraction of sp³-hybridized carbons (Fsp3) is 0.278. The van der Waals surface area contributed by atoms with Crippen molar-refractivity contribution < 1.29 is 4.79 Å². The maximum Gasteiger partial charge on any atom is 0.271 e. The highest BCUT2D eigenvalue weighted by molar-refractivity contribution is 7.18. The van der Waals surface area contributed by atoms with Gasteiger partial charge in [-0.25, -0.2) is 9.97 Å². The second kappa shape index (κ2) is 7.28. The molecule has 0 aromatic carbocycles. The van der Waals surface area contributed by atoms with Gasteiger partial charge in [0.25, 0.3) is 11.1 Å². The van der Waals surface area contributed by atoms with Gasteiger partial charge in [0, 0.05) is 17.8 Å². The van der Waals surface area contributed by atoms with Crippen molar-refractivity contribution in [2.24, 2.45) is 0 Å². The molecule has 0 aliphatic carbocycles. The van der Waals surface area contributed by atoms with Crippen LogP contribution in [0, 0.1) is 13.8 Å². The Morgan fingerprint density at radius 1 is 1.32 bits per heavy atom. The minimum Gasteiger partial charge on any atom is -0.354 e. The van der Waals surface area contributed by atoms with E-state index in [1.807, 2.05) is 13.8 Å². The van der Waals surface area contributed by atoms with Gasteiger partial charge >= 0.3 is 0 Å². The van der Waals surface area contributed by atoms with E-state index >= 15 is 0 Å². The second-order valence-corrected chi connectivity index (χ2v) is 8.51. The lowest BCUT2D eigenvalue weighted by Gasteiger charge is -2.07. The molecule has 10 heteroatoms. The SMILES string of the molecule is Cc1sc2nc(CCNC(=O)Cn3cnc4ccsc4c3=O)[nH]c(=O)c2c1C. The highest BCUT2D eigenvalue weighted by Gasteiger charge is 2.12. The van der Waals surface area contributed by atoms with Gasteiger partial charge < -0.3 is 10.3 Å². The molecule has 144 valence electrons. The predicted molar refractivity (Wildman–Crippen MR) is 110 cm³/mol. The highest BCUT2D eigenvalue weighted by atomic mass is 32.1. The number of fused-ring (bicyclic) bond motifs is 2. The average Bonchev–Trinajstić information content (AvgIpc) is 3.23. The van der Waals surface area contributed by atoms with Gasteiger partial charge in [0.15, 0.2) is 0 Å². The van der Waals surface area contributed by atoms with Crippen LogP contribution in [0.15, 0.2) is 27.4 Å². The maximum absolute atomic E-state index is 12.3. The number of hydrogen-bond acceptors (Lipinski definition) is 7. The van der Waals surface area contributed by atoms with Gasteiger partial charge in [0.05, 0.1) is 17.2 Å². The molecule has 0 fully saturated rings. The number of hydrogen-bond donors (Lipinski definition) is 2. The molecule has 0 unspecified atom stereocenters. The summed E-state index contributed by atoms with van der Waals surface area (Å²) in [4.78, 5) is 50.0. The molecule has 0 aliphatic rings. The molecule has 0 aliphatic heterocycles. The molecule has 1 amide bonds. The lowest BCUT2D eigenvalue weighted by molar-refractivity contribution is -0.121. The van der Waals surface area contributed by atoms with E-state index in [4.69, 9.17) is 0 Å². The first-order valence-electron chi connectivity index (χ1n) is 8.62. The summed E-state index contributed by atoms with van der Waals surface area (Å²) in [5, 5.41) is 5.18. The number of carbonyl (C=O) groups excluding carboxylic acids is 1. The van der Waals surface area contributed by atoms with Crippen LogP contribution in [-0.4, -0.2) is 32.0 Å². The summed E-state index contributed by atoms with van der Waals surface area (Å²) in [5.41, 5.74) is 1.21. The lowest BCUT2D eigenvalue weighted by atomic mass is 10.2. The van der Waals surface area contributed by atoms with Gasteiger partial charge in [-0.3, -0.25) is 19.0 Å². The summed E-state index contributed by atoms with van der Waals surface area (Å²) in [6, 6.07) is 1.77. The summed E-state index contributed by atoms with van der Waals surface area (Å²) in [6.07, 6.45) is 1.77. The Morgan fingerprint density at radius 2 is 2.14 bits per heavy atom. The number of rotatable bonds is 5. The van der Waals surface area contributed by atoms with Crippen LogP contribution in [0.1, 0.15) is 16.3 Å². The number of thiophene rings is 2. The summed E-state index contributed by atoms with van der Waals surface area (Å²) in [6.45, 7) is 4.08. The molecule has 0 radical (unpaired) electrons. The minimum absolute atomic E-state index is 0.105. The van der Waals surface area contributed by atoms with Gasteiger partial charge in [-0.05, 0) is 30.9 Å². The third kappa shape index (κ3) is 3.36. The monoisotopic (exact) mass is 415 g/mol. The Bertz CT molecular complexity index is 1310. The summed E-state index contributed by atoms with van der Waals surface area (Å²) in [7, 11) is 0. The van der Waals surface area contributed by atoms with Crippen LogP contribution in [0.5, 0.6) is 0 Å². The van der Waals surface area contributed by atoms with Crippen LogP contribution in [0.2, 0.25) is 0 Å². The quantitative estimate of drug-likeness (QED) is 0.516. The van der Waals surface area contributed by atoms with Gasteiger partial charge in [0.1, 0.15) is 21.9 Å². The van der Waals surface area contributed by atoms with Crippen molar-refractivity contribution in [3.63, 3.8) is 0 Å². The number of aromatic amines is 1. The molecule has 4 rings (SSSR count). The zero-order valence-corrected chi connectivity index (χ0v) is 16.9. The van der Waals surface area contributed by atoms with Crippen molar-refractivity contribution in [1.29, 1.82) is 0 Å². The Labute approximate surface area is 166 Å². The van der Waals surface area contributed by atoms with Crippen LogP contribution < -0.4 is 16.4 Å². The number of amides is 1. The van der Waals surface area contributed by atoms with Crippen molar-refractivity contribution in [1.82, 2.24) is 24.8 Å². The van der Waals surface area contributed by atoms with E-state index in [9.17, 15) is 14.4 Å². The van der Waals surface area contributed by atoms with E-state index < -0.39 is 0 Å². The van der Waals surface area contributed by atoms with Gasteiger partial charge in [0.2, 0.25) is 5.91 Å². The summed E-state index contributed by atoms with van der Waals surface area (Å²) >= 11 is 2.80. The Balaban J connectivity index is 1.41. The third-order valence-corrected chi connectivity index (χ3v) is 6.51. The largest absolute Gasteiger partial charge is 0.354 e. The van der Waals surface area contributed by atoms with Crippen molar-refractivity contribution >= 4 is 49.0 Å². The van der Waals surface area contributed by atoms with Gasteiger partial charge in [-0.2, -0.15) is 0 Å². The number of nitrogens with zero attached hydrogens (tertiary/aromatic N) is 3. The standard InChI is InChI=1S/C18H17N5O3S2/c1-9-10(2)28-17-14(9)16(25)21-12(22-17)3-5-19-13(24)7-23-8-20-11-4-6-27-15(11)18(23)26/h4,6,8H,3,5,7H2,1-2H3,(H,19,24)(H,21,22,25). The topological polar surface area (TPSA) is 110 Å². The highest BCUT2D eigenvalue weighted by Crippen LogP contribution is 2.25. The fourth-order valence-electron chi connectivity index (χ4n) is 2.94. The molecule has 28 heavy (non-hydrogen) atoms. The van der Waals surface area contributed by atoms with Crippen LogP contribution in [0.25, 0.3) is 20.4 Å². The van der Waals surface area contributed by atoms with Crippen LogP contribution in [-0.2, 0) is 17.8 Å². The number of aromatic nitrogens is 4. The smallest absolute Gasteiger partial charge is 0.271 e. The maximum atomic E-state index is 12.3. The second-order valence-electron chi connectivity index (χ2n) is 6.39. The lowest BCUT2D eigenvalue weighted by Crippen LogP contribution is -2.33. The summed E-state index contributed by atoms with van der Waals surface area (Å²) < 4.78 is 1.82. The molecule has 2 N–H and O–H groups in total. The molecule has 0 spiro atoms. The van der Waals surface area contributed by atoms with E-state index in [1.165, 1.54) is 33.6 Å². The molecule has 8 nitrogen and oxygen atoms in total. The molecule has 0 saturated heterocycles. The number of H-pyrrole nitrogens is 1. The Kier molecular flexibility index (Phi) is 4.82. The Hall–Kier alpha value is -2.85. The first-order chi connectivity index (χ1) is 13.4. The van der Waals surface area contributed by atoms with Gasteiger partial charge in [-0.1, -0.05) is 0 Å². The molecule has 4 aromatic rings. The van der Waals surface area contributed by atoms with E-state index in [0.717, 1.165) is 10.4 Å². The van der Waals surface area contributed by atoms with Crippen molar-refractivity contribution in [3.8, 4) is 0 Å². The number of aryl methyl sites for hydroxylation is 2. The zero-order valence-electron chi connectivity index (χ0n) is 15.2. The number of nitrogens with one attached hydrogen (secondary N) is 2.